The van der Waals surface area contributed by atoms with E-state index in [4.69, 9.17) is 5.73 Å². The molecule has 0 aliphatic heterocycles. The highest BCUT2D eigenvalue weighted by Crippen LogP contribution is 2.59. The smallest absolute Gasteiger partial charge is 0.0329 e. The summed E-state index contributed by atoms with van der Waals surface area (Å²) in [5.74, 6) is 3.38. The van der Waals surface area contributed by atoms with E-state index < -0.39 is 0 Å². The van der Waals surface area contributed by atoms with E-state index in [1.54, 1.807) is 0 Å². The van der Waals surface area contributed by atoms with E-state index >= 15 is 0 Å². The number of benzene rings is 1. The summed E-state index contributed by atoms with van der Waals surface area (Å²) in [7, 11) is 0. The predicted molar refractivity (Wildman–Crippen MR) is 80.9 cm³/mol. The van der Waals surface area contributed by atoms with Gasteiger partial charge in [-0.05, 0) is 54.1 Å². The topological polar surface area (TPSA) is 26.0 Å². The SMILES string of the molecule is CC(C)Cc1cccc(C(N)C2C3CCCCC32)c1. The van der Waals surface area contributed by atoms with E-state index in [1.165, 1.54) is 36.8 Å². The zero-order valence-corrected chi connectivity index (χ0v) is 12.3. The molecule has 3 rings (SSSR count). The largest absolute Gasteiger partial charge is 0.324 e. The normalized spacial score (nSPS) is 31.1. The van der Waals surface area contributed by atoms with Crippen LogP contribution in [0.2, 0.25) is 0 Å². The molecule has 0 heterocycles. The molecule has 2 fully saturated rings. The Balaban J connectivity index is 1.71. The molecule has 2 N–H and O–H groups in total. The number of hydrogen-bond donors (Lipinski definition) is 1. The van der Waals surface area contributed by atoms with E-state index in [9.17, 15) is 0 Å². The Morgan fingerprint density at radius 2 is 1.84 bits per heavy atom. The molecule has 1 aromatic rings. The third kappa shape index (κ3) is 2.72. The second-order valence-electron chi connectivity index (χ2n) is 7.06. The molecule has 2 saturated carbocycles. The highest BCUT2D eigenvalue weighted by Gasteiger charge is 2.53. The van der Waals surface area contributed by atoms with Crippen LogP contribution in [0.4, 0.5) is 0 Å². The van der Waals surface area contributed by atoms with E-state index in [0.717, 1.165) is 30.1 Å². The van der Waals surface area contributed by atoms with Crippen molar-refractivity contribution in [2.24, 2.45) is 29.4 Å². The summed E-state index contributed by atoms with van der Waals surface area (Å²) in [5, 5.41) is 0. The van der Waals surface area contributed by atoms with Crippen LogP contribution in [0.25, 0.3) is 0 Å². The lowest BCUT2D eigenvalue weighted by Crippen LogP contribution is -2.14. The van der Waals surface area contributed by atoms with Crippen molar-refractivity contribution in [1.29, 1.82) is 0 Å². The third-order valence-electron chi connectivity index (χ3n) is 5.12. The minimum atomic E-state index is 0.278. The first-order valence-corrected chi connectivity index (χ1v) is 8.01. The molecule has 0 bridgehead atoms. The van der Waals surface area contributed by atoms with Crippen LogP contribution in [-0.4, -0.2) is 0 Å². The molecule has 0 amide bonds. The molecule has 2 aliphatic carbocycles. The third-order valence-corrected chi connectivity index (χ3v) is 5.12. The van der Waals surface area contributed by atoms with Crippen molar-refractivity contribution in [3.05, 3.63) is 35.4 Å². The Morgan fingerprint density at radius 3 is 2.47 bits per heavy atom. The van der Waals surface area contributed by atoms with E-state index in [0.29, 0.717) is 0 Å². The molecule has 1 aromatic carbocycles. The minimum Gasteiger partial charge on any atom is -0.324 e. The summed E-state index contributed by atoms with van der Waals surface area (Å²) in [6, 6.07) is 9.31. The van der Waals surface area contributed by atoms with Crippen LogP contribution in [0, 0.1) is 23.7 Å². The summed E-state index contributed by atoms with van der Waals surface area (Å²) in [4.78, 5) is 0. The average molecular weight is 257 g/mol. The Hall–Kier alpha value is -0.820. The van der Waals surface area contributed by atoms with Gasteiger partial charge in [0, 0.05) is 6.04 Å². The van der Waals surface area contributed by atoms with Gasteiger partial charge in [0.05, 0.1) is 0 Å². The fraction of sp³-hybridized carbons (Fsp3) is 0.667. The Labute approximate surface area is 117 Å². The van der Waals surface area contributed by atoms with Gasteiger partial charge in [-0.15, -0.1) is 0 Å². The molecular weight excluding hydrogens is 230 g/mol. The summed E-state index contributed by atoms with van der Waals surface area (Å²) >= 11 is 0. The standard InChI is InChI=1S/C18H27N/c1-12(2)10-13-6-5-7-14(11-13)18(19)17-15-8-3-4-9-16(15)17/h5-7,11-12,15-18H,3-4,8-10,19H2,1-2H3. The molecular formula is C18H27N. The quantitative estimate of drug-likeness (QED) is 0.854. The van der Waals surface area contributed by atoms with Crippen molar-refractivity contribution in [2.75, 3.05) is 0 Å². The molecule has 1 heteroatoms. The van der Waals surface area contributed by atoms with Crippen molar-refractivity contribution >= 4 is 0 Å². The van der Waals surface area contributed by atoms with Gasteiger partial charge in [-0.2, -0.15) is 0 Å². The van der Waals surface area contributed by atoms with Gasteiger partial charge in [0.25, 0.3) is 0 Å². The van der Waals surface area contributed by atoms with Gasteiger partial charge in [0.2, 0.25) is 0 Å². The van der Waals surface area contributed by atoms with Crippen LogP contribution in [0.15, 0.2) is 24.3 Å². The maximum Gasteiger partial charge on any atom is 0.0329 e. The molecule has 19 heavy (non-hydrogen) atoms. The Morgan fingerprint density at radius 1 is 1.16 bits per heavy atom. The maximum atomic E-state index is 6.56. The van der Waals surface area contributed by atoms with Gasteiger partial charge in [0.15, 0.2) is 0 Å². The van der Waals surface area contributed by atoms with Gasteiger partial charge in [0.1, 0.15) is 0 Å². The summed E-state index contributed by atoms with van der Waals surface area (Å²) < 4.78 is 0. The first-order valence-electron chi connectivity index (χ1n) is 8.01. The van der Waals surface area contributed by atoms with Crippen LogP contribution in [0.1, 0.15) is 56.7 Å². The zero-order chi connectivity index (χ0) is 13.4. The van der Waals surface area contributed by atoms with E-state index in [2.05, 4.69) is 38.1 Å². The van der Waals surface area contributed by atoms with Crippen LogP contribution < -0.4 is 5.73 Å². The molecule has 104 valence electrons. The van der Waals surface area contributed by atoms with Crippen molar-refractivity contribution in [2.45, 2.75) is 52.0 Å². The molecule has 0 aromatic heterocycles. The number of nitrogens with two attached hydrogens (primary N) is 1. The van der Waals surface area contributed by atoms with Crippen LogP contribution in [-0.2, 0) is 6.42 Å². The number of hydrogen-bond acceptors (Lipinski definition) is 1. The van der Waals surface area contributed by atoms with Crippen molar-refractivity contribution in [3.63, 3.8) is 0 Å². The number of fused-ring (bicyclic) bond motifs is 1. The lowest BCUT2D eigenvalue weighted by Gasteiger charge is -2.14. The second-order valence-corrected chi connectivity index (χ2v) is 7.06. The van der Waals surface area contributed by atoms with Gasteiger partial charge >= 0.3 is 0 Å². The fourth-order valence-corrected chi connectivity index (χ4v) is 4.20. The number of rotatable bonds is 4. The highest BCUT2D eigenvalue weighted by atomic mass is 14.7. The molecule has 2 aliphatic rings. The first-order chi connectivity index (χ1) is 9.16. The lowest BCUT2D eigenvalue weighted by molar-refractivity contribution is 0.480. The van der Waals surface area contributed by atoms with Crippen molar-refractivity contribution in [3.8, 4) is 0 Å². The Bertz CT molecular complexity index is 425. The zero-order valence-electron chi connectivity index (χ0n) is 12.3. The van der Waals surface area contributed by atoms with Crippen LogP contribution >= 0.6 is 0 Å². The molecule has 3 atom stereocenters. The molecule has 1 nitrogen and oxygen atoms in total. The van der Waals surface area contributed by atoms with Crippen LogP contribution in [0.5, 0.6) is 0 Å². The van der Waals surface area contributed by atoms with E-state index in [1.807, 2.05) is 0 Å². The van der Waals surface area contributed by atoms with Crippen molar-refractivity contribution in [1.82, 2.24) is 0 Å². The molecule has 0 saturated heterocycles. The second kappa shape index (κ2) is 5.28. The monoisotopic (exact) mass is 257 g/mol. The van der Waals surface area contributed by atoms with Crippen LogP contribution in [0.3, 0.4) is 0 Å². The lowest BCUT2D eigenvalue weighted by atomic mass is 9.95. The minimum absolute atomic E-state index is 0.278. The summed E-state index contributed by atoms with van der Waals surface area (Å²) in [6.07, 6.45) is 6.87. The highest BCUT2D eigenvalue weighted by molar-refractivity contribution is 5.28. The van der Waals surface area contributed by atoms with Gasteiger partial charge in [-0.1, -0.05) is 51.0 Å². The molecule has 0 radical (unpaired) electrons. The van der Waals surface area contributed by atoms with E-state index in [-0.39, 0.29) is 6.04 Å². The summed E-state index contributed by atoms with van der Waals surface area (Å²) in [5.41, 5.74) is 9.38. The molecule has 3 unspecified atom stereocenters. The predicted octanol–water partition coefficient (Wildman–Crippen LogP) is 4.32. The van der Waals surface area contributed by atoms with Gasteiger partial charge < -0.3 is 5.73 Å². The average Bonchev–Trinajstić information content (AvgIpc) is 3.11. The Kier molecular flexibility index (Phi) is 3.66. The first kappa shape index (κ1) is 13.2. The summed E-state index contributed by atoms with van der Waals surface area (Å²) in [6.45, 7) is 4.56. The van der Waals surface area contributed by atoms with Crippen molar-refractivity contribution < 1.29 is 0 Å². The fourth-order valence-electron chi connectivity index (χ4n) is 4.20. The maximum absolute atomic E-state index is 6.56. The van der Waals surface area contributed by atoms with Gasteiger partial charge in [-0.25, -0.2) is 0 Å². The molecule has 0 spiro atoms. The van der Waals surface area contributed by atoms with Gasteiger partial charge in [-0.3, -0.25) is 0 Å².